The van der Waals surface area contributed by atoms with Gasteiger partial charge < -0.3 is 15.4 Å². The minimum atomic E-state index is -0.0745. The van der Waals surface area contributed by atoms with Gasteiger partial charge in [-0.05, 0) is 37.0 Å². The van der Waals surface area contributed by atoms with E-state index < -0.39 is 0 Å². The van der Waals surface area contributed by atoms with Crippen molar-refractivity contribution in [3.05, 3.63) is 39.8 Å². The molecule has 0 aromatic heterocycles. The number of hydrogen-bond acceptors (Lipinski definition) is 5. The largest absolute Gasteiger partial charge is 0.379 e. The van der Waals surface area contributed by atoms with Gasteiger partial charge in [0, 0.05) is 48.4 Å². The van der Waals surface area contributed by atoms with Crippen LogP contribution in [0, 0.1) is 5.92 Å². The maximum Gasteiger partial charge on any atom is 0.257 e. The zero-order valence-electron chi connectivity index (χ0n) is 16.9. The Kier molecular flexibility index (Phi) is 7.36. The second-order valence-electron chi connectivity index (χ2n) is 8.02. The third kappa shape index (κ3) is 5.38. The lowest BCUT2D eigenvalue weighted by Gasteiger charge is -2.39. The number of hydrogen-bond donors (Lipinski definition) is 2. The van der Waals surface area contributed by atoms with Crippen LogP contribution in [0.4, 0.5) is 0 Å². The number of ether oxygens (including phenoxy) is 1. The van der Waals surface area contributed by atoms with Crippen molar-refractivity contribution in [2.45, 2.75) is 30.6 Å². The Bertz CT molecular complexity index is 813. The van der Waals surface area contributed by atoms with Gasteiger partial charge >= 0.3 is 0 Å². The smallest absolute Gasteiger partial charge is 0.257 e. The Morgan fingerprint density at radius 2 is 2.10 bits per heavy atom. The third-order valence-electron chi connectivity index (χ3n) is 6.00. The highest BCUT2D eigenvalue weighted by Gasteiger charge is 2.39. The van der Waals surface area contributed by atoms with Crippen LogP contribution in [0.15, 0.2) is 29.2 Å². The second-order valence-corrected chi connectivity index (χ2v) is 9.71. The Hall–Kier alpha value is -1.54. The molecule has 2 heterocycles. The molecule has 30 heavy (non-hydrogen) atoms. The first-order valence-corrected chi connectivity index (χ1v) is 11.9. The Morgan fingerprint density at radius 3 is 2.90 bits per heavy atom. The number of carbonyl (C=O) groups excluding carboxylic acids is 2. The molecule has 1 aliphatic carbocycles. The summed E-state index contributed by atoms with van der Waals surface area (Å²) in [7, 11) is 0. The van der Waals surface area contributed by atoms with Crippen LogP contribution in [-0.2, 0) is 14.3 Å². The molecule has 4 rings (SSSR count). The van der Waals surface area contributed by atoms with E-state index in [1.54, 1.807) is 11.8 Å². The first-order chi connectivity index (χ1) is 14.6. The number of fused-ring (bicyclic) bond motifs is 1. The highest BCUT2D eigenvalue weighted by Crippen LogP contribution is 2.40. The number of amides is 2. The molecule has 1 saturated carbocycles. The highest BCUT2D eigenvalue weighted by molar-refractivity contribution is 8.04. The van der Waals surface area contributed by atoms with E-state index in [0.29, 0.717) is 28.1 Å². The first-order valence-electron chi connectivity index (χ1n) is 10.6. The summed E-state index contributed by atoms with van der Waals surface area (Å²) < 4.78 is 5.35. The molecule has 162 valence electrons. The average molecular weight is 450 g/mol. The lowest BCUT2D eigenvalue weighted by molar-refractivity contribution is -0.127. The summed E-state index contributed by atoms with van der Waals surface area (Å²) in [5.41, 5.74) is 0.851. The summed E-state index contributed by atoms with van der Waals surface area (Å²) in [6, 6.07) is 7.56. The van der Waals surface area contributed by atoms with Crippen LogP contribution < -0.4 is 10.6 Å². The van der Waals surface area contributed by atoms with Crippen LogP contribution in [0.1, 0.15) is 24.8 Å². The van der Waals surface area contributed by atoms with Crippen LogP contribution in [0.25, 0.3) is 6.08 Å². The van der Waals surface area contributed by atoms with Gasteiger partial charge in [-0.25, -0.2) is 0 Å². The molecule has 8 heteroatoms. The SMILES string of the molecule is O=C1NC2CC(C(=O)NCCN3CCOCC3)CCC2S/C1=C/c1ccccc1Cl. The molecule has 2 saturated heterocycles. The molecule has 3 atom stereocenters. The Labute approximate surface area is 186 Å². The topological polar surface area (TPSA) is 70.7 Å². The van der Waals surface area contributed by atoms with Crippen molar-refractivity contribution >= 4 is 41.3 Å². The lowest BCUT2D eigenvalue weighted by atomic mass is 9.84. The number of morpholine rings is 1. The van der Waals surface area contributed by atoms with Crippen molar-refractivity contribution in [2.75, 3.05) is 39.4 Å². The summed E-state index contributed by atoms with van der Waals surface area (Å²) in [6.07, 6.45) is 4.33. The molecule has 3 fully saturated rings. The van der Waals surface area contributed by atoms with E-state index in [-0.39, 0.29) is 23.8 Å². The van der Waals surface area contributed by atoms with Gasteiger partial charge in [0.15, 0.2) is 0 Å². The molecule has 2 aliphatic heterocycles. The van der Waals surface area contributed by atoms with Crippen molar-refractivity contribution in [3.63, 3.8) is 0 Å². The van der Waals surface area contributed by atoms with Crippen molar-refractivity contribution in [2.24, 2.45) is 5.92 Å². The fourth-order valence-corrected chi connectivity index (χ4v) is 5.74. The van der Waals surface area contributed by atoms with Gasteiger partial charge in [0.25, 0.3) is 5.91 Å². The third-order valence-corrected chi connectivity index (χ3v) is 7.77. The van der Waals surface area contributed by atoms with E-state index in [1.165, 1.54) is 0 Å². The highest BCUT2D eigenvalue weighted by atomic mass is 35.5. The molecule has 0 bridgehead atoms. The van der Waals surface area contributed by atoms with Crippen LogP contribution in [0.2, 0.25) is 5.02 Å². The number of rotatable bonds is 5. The van der Waals surface area contributed by atoms with Gasteiger partial charge in [-0.3, -0.25) is 14.5 Å². The molecule has 1 aromatic rings. The maximum absolute atomic E-state index is 12.6. The molecular formula is C22H28ClN3O3S. The number of thioether (sulfide) groups is 1. The summed E-state index contributed by atoms with van der Waals surface area (Å²) in [4.78, 5) is 28.3. The fourth-order valence-electron chi connectivity index (χ4n) is 4.27. The molecular weight excluding hydrogens is 422 g/mol. The monoisotopic (exact) mass is 449 g/mol. The average Bonchev–Trinajstić information content (AvgIpc) is 2.76. The number of halogens is 1. The molecule has 3 unspecified atom stereocenters. The normalized spacial score (nSPS) is 28.6. The molecule has 0 radical (unpaired) electrons. The van der Waals surface area contributed by atoms with Crippen LogP contribution in [-0.4, -0.2) is 67.4 Å². The minimum absolute atomic E-state index is 0.0362. The van der Waals surface area contributed by atoms with E-state index in [9.17, 15) is 9.59 Å². The predicted octanol–water partition coefficient (Wildman–Crippen LogP) is 2.53. The second kappa shape index (κ2) is 10.2. The number of carbonyl (C=O) groups is 2. The van der Waals surface area contributed by atoms with Crippen molar-refractivity contribution in [3.8, 4) is 0 Å². The summed E-state index contributed by atoms with van der Waals surface area (Å²) >= 11 is 7.85. The Morgan fingerprint density at radius 1 is 1.30 bits per heavy atom. The predicted molar refractivity (Wildman–Crippen MR) is 120 cm³/mol. The summed E-state index contributed by atoms with van der Waals surface area (Å²) in [5.74, 6) is -0.00107. The molecule has 2 N–H and O–H groups in total. The molecule has 2 amide bonds. The van der Waals surface area contributed by atoms with Crippen LogP contribution in [0.5, 0.6) is 0 Å². The van der Waals surface area contributed by atoms with Gasteiger partial charge in [0.1, 0.15) is 0 Å². The van der Waals surface area contributed by atoms with Crippen LogP contribution in [0.3, 0.4) is 0 Å². The van der Waals surface area contributed by atoms with Gasteiger partial charge in [0.2, 0.25) is 5.91 Å². The standard InChI is InChI=1S/C22H28ClN3O3S/c23-17-4-2-1-3-15(17)14-20-22(28)25-18-13-16(5-6-19(18)30-20)21(27)24-7-8-26-9-11-29-12-10-26/h1-4,14,16,18-19H,5-13H2,(H,24,27)(H,25,28)/b20-14+. The van der Waals surface area contributed by atoms with E-state index in [4.69, 9.17) is 16.3 Å². The molecule has 3 aliphatic rings. The van der Waals surface area contributed by atoms with Gasteiger partial charge in [-0.15, -0.1) is 11.8 Å². The van der Waals surface area contributed by atoms with Gasteiger partial charge in [0.05, 0.1) is 18.1 Å². The molecule has 6 nitrogen and oxygen atoms in total. The number of benzene rings is 1. The maximum atomic E-state index is 12.6. The van der Waals surface area contributed by atoms with Gasteiger partial charge in [-0.1, -0.05) is 29.8 Å². The number of nitrogens with zero attached hydrogens (tertiary/aromatic N) is 1. The van der Waals surface area contributed by atoms with Crippen molar-refractivity contribution < 1.29 is 14.3 Å². The quantitative estimate of drug-likeness (QED) is 0.676. The van der Waals surface area contributed by atoms with E-state index >= 15 is 0 Å². The summed E-state index contributed by atoms with van der Waals surface area (Å²) in [5, 5.41) is 7.15. The molecule has 1 aromatic carbocycles. The van der Waals surface area contributed by atoms with Crippen molar-refractivity contribution in [1.82, 2.24) is 15.5 Å². The lowest BCUT2D eigenvalue weighted by Crippen LogP contribution is -2.52. The first kappa shape index (κ1) is 21.7. The van der Waals surface area contributed by atoms with E-state index in [0.717, 1.165) is 51.3 Å². The fraction of sp³-hybridized carbons (Fsp3) is 0.545. The zero-order chi connectivity index (χ0) is 20.9. The number of nitrogens with one attached hydrogen (secondary N) is 2. The van der Waals surface area contributed by atoms with E-state index in [2.05, 4.69) is 15.5 Å². The van der Waals surface area contributed by atoms with Crippen molar-refractivity contribution in [1.29, 1.82) is 0 Å². The Balaban J connectivity index is 1.28. The van der Waals surface area contributed by atoms with E-state index in [1.807, 2.05) is 30.3 Å². The van der Waals surface area contributed by atoms with Crippen LogP contribution >= 0.6 is 23.4 Å². The van der Waals surface area contributed by atoms with Gasteiger partial charge in [-0.2, -0.15) is 0 Å². The minimum Gasteiger partial charge on any atom is -0.379 e. The zero-order valence-corrected chi connectivity index (χ0v) is 18.5. The summed E-state index contributed by atoms with van der Waals surface area (Å²) in [6.45, 7) is 4.91. The molecule has 0 spiro atoms.